The number of carbonyl (C=O) groups excluding carboxylic acids is 2. The van der Waals surface area contributed by atoms with Crippen molar-refractivity contribution in [3.63, 3.8) is 0 Å². The van der Waals surface area contributed by atoms with Crippen LogP contribution in [0.1, 0.15) is 33.6 Å². The quantitative estimate of drug-likeness (QED) is 0.543. The van der Waals surface area contributed by atoms with Crippen LogP contribution < -0.4 is 0 Å². The molecule has 0 saturated carbocycles. The molecule has 0 bridgehead atoms. The van der Waals surface area contributed by atoms with E-state index in [0.717, 1.165) is 13.0 Å². The summed E-state index contributed by atoms with van der Waals surface area (Å²) < 4.78 is 16.0. The maximum Gasteiger partial charge on any atom is 0.411 e. The fourth-order valence-electron chi connectivity index (χ4n) is 2.43. The van der Waals surface area contributed by atoms with Crippen LogP contribution in [-0.2, 0) is 19.0 Å². The van der Waals surface area contributed by atoms with Crippen LogP contribution in [0.25, 0.3) is 0 Å². The van der Waals surface area contributed by atoms with Crippen LogP contribution in [0.15, 0.2) is 0 Å². The Balaban J connectivity index is 2.60. The molecule has 23 heavy (non-hydrogen) atoms. The fraction of sp³-hybridized carbons (Fsp3) is 0.875. The molecule has 1 saturated heterocycles. The second kappa shape index (κ2) is 8.49. The van der Waals surface area contributed by atoms with Crippen LogP contribution in [0.2, 0.25) is 0 Å². The number of methoxy groups -OCH3 is 1. The number of nitrogens with zero attached hydrogens (tertiary/aromatic N) is 2. The molecule has 1 aliphatic rings. The molecule has 1 aliphatic heterocycles. The van der Waals surface area contributed by atoms with Crippen LogP contribution >= 0.6 is 0 Å². The zero-order chi connectivity index (χ0) is 17.6. The standard InChI is InChI=1S/C16H30N2O5/c1-16(2,3)23-15(20)18-11-12(10-13(18)14(19)21-6)22-9-7-8-17(4)5/h12-13H,7-11H2,1-6H3. The van der Waals surface area contributed by atoms with Crippen molar-refractivity contribution in [3.05, 3.63) is 0 Å². The number of carbonyl (C=O) groups is 2. The van der Waals surface area contributed by atoms with E-state index in [4.69, 9.17) is 14.2 Å². The zero-order valence-corrected chi connectivity index (χ0v) is 15.1. The molecule has 0 aromatic carbocycles. The van der Waals surface area contributed by atoms with E-state index in [1.54, 1.807) is 20.8 Å². The van der Waals surface area contributed by atoms with E-state index in [0.29, 0.717) is 19.6 Å². The minimum Gasteiger partial charge on any atom is -0.467 e. The molecule has 0 spiro atoms. The maximum atomic E-state index is 12.3. The van der Waals surface area contributed by atoms with Crippen molar-refractivity contribution in [2.45, 2.75) is 51.4 Å². The second-order valence-electron chi connectivity index (χ2n) is 7.06. The van der Waals surface area contributed by atoms with Gasteiger partial charge in [0.1, 0.15) is 11.6 Å². The second-order valence-corrected chi connectivity index (χ2v) is 7.06. The van der Waals surface area contributed by atoms with Crippen molar-refractivity contribution < 1.29 is 23.8 Å². The normalized spacial score (nSPS) is 21.6. The molecule has 1 rings (SSSR count). The molecule has 0 radical (unpaired) electrons. The first-order valence-corrected chi connectivity index (χ1v) is 7.98. The molecule has 134 valence electrons. The lowest BCUT2D eigenvalue weighted by Crippen LogP contribution is -2.44. The summed E-state index contributed by atoms with van der Waals surface area (Å²) in [4.78, 5) is 27.7. The van der Waals surface area contributed by atoms with E-state index < -0.39 is 23.7 Å². The number of ether oxygens (including phenoxy) is 3. The summed E-state index contributed by atoms with van der Waals surface area (Å²) in [6.07, 6.45) is 0.660. The van der Waals surface area contributed by atoms with Gasteiger partial charge < -0.3 is 19.1 Å². The lowest BCUT2D eigenvalue weighted by molar-refractivity contribution is -0.145. The van der Waals surface area contributed by atoms with E-state index in [2.05, 4.69) is 4.90 Å². The van der Waals surface area contributed by atoms with Gasteiger partial charge in [-0.15, -0.1) is 0 Å². The molecule has 7 heteroatoms. The summed E-state index contributed by atoms with van der Waals surface area (Å²) in [5, 5.41) is 0. The highest BCUT2D eigenvalue weighted by atomic mass is 16.6. The minimum absolute atomic E-state index is 0.172. The van der Waals surface area contributed by atoms with Crippen LogP contribution in [0.3, 0.4) is 0 Å². The molecule has 0 aromatic heterocycles. The monoisotopic (exact) mass is 330 g/mol. The SMILES string of the molecule is COC(=O)C1CC(OCCCN(C)C)CN1C(=O)OC(C)(C)C. The first kappa shape index (κ1) is 19.7. The van der Waals surface area contributed by atoms with Gasteiger partial charge in [0.05, 0.1) is 19.8 Å². The molecular weight excluding hydrogens is 300 g/mol. The van der Waals surface area contributed by atoms with Crippen LogP contribution in [0.5, 0.6) is 0 Å². The first-order chi connectivity index (χ1) is 10.6. The molecule has 0 N–H and O–H groups in total. The molecule has 1 fully saturated rings. The Hall–Kier alpha value is -1.34. The van der Waals surface area contributed by atoms with Crippen LogP contribution in [-0.4, -0.2) is 80.5 Å². The Morgan fingerprint density at radius 1 is 1.26 bits per heavy atom. The highest BCUT2D eigenvalue weighted by Gasteiger charge is 2.42. The first-order valence-electron chi connectivity index (χ1n) is 7.98. The van der Waals surface area contributed by atoms with E-state index >= 15 is 0 Å². The number of amides is 1. The van der Waals surface area contributed by atoms with Gasteiger partial charge in [-0.05, 0) is 47.8 Å². The van der Waals surface area contributed by atoms with Crippen molar-refractivity contribution in [3.8, 4) is 0 Å². The van der Waals surface area contributed by atoms with Gasteiger partial charge in [-0.1, -0.05) is 0 Å². The van der Waals surface area contributed by atoms with Crippen LogP contribution in [0, 0.1) is 0 Å². The van der Waals surface area contributed by atoms with Gasteiger partial charge in [0.2, 0.25) is 0 Å². The molecule has 0 aliphatic carbocycles. The van der Waals surface area contributed by atoms with Crippen molar-refractivity contribution in [2.75, 3.05) is 40.9 Å². The van der Waals surface area contributed by atoms with Gasteiger partial charge in [0.25, 0.3) is 0 Å². The van der Waals surface area contributed by atoms with Crippen molar-refractivity contribution >= 4 is 12.1 Å². The Bertz CT molecular complexity index is 406. The molecule has 1 heterocycles. The highest BCUT2D eigenvalue weighted by molar-refractivity contribution is 5.82. The van der Waals surface area contributed by atoms with E-state index in [1.807, 2.05) is 14.1 Å². The maximum absolute atomic E-state index is 12.3. The molecule has 7 nitrogen and oxygen atoms in total. The Labute approximate surface area is 138 Å². The Kier molecular flexibility index (Phi) is 7.28. The van der Waals surface area contributed by atoms with Gasteiger partial charge in [0.15, 0.2) is 0 Å². The molecular formula is C16H30N2O5. The summed E-state index contributed by atoms with van der Waals surface area (Å²) in [6, 6.07) is -0.645. The lowest BCUT2D eigenvalue weighted by atomic mass is 10.2. The van der Waals surface area contributed by atoms with Gasteiger partial charge in [-0.3, -0.25) is 4.90 Å². The summed E-state index contributed by atoms with van der Waals surface area (Å²) >= 11 is 0. The average Bonchev–Trinajstić information content (AvgIpc) is 2.85. The smallest absolute Gasteiger partial charge is 0.411 e. The Morgan fingerprint density at radius 3 is 2.43 bits per heavy atom. The zero-order valence-electron chi connectivity index (χ0n) is 15.1. The van der Waals surface area contributed by atoms with Crippen LogP contribution in [0.4, 0.5) is 4.79 Å². The number of hydrogen-bond donors (Lipinski definition) is 0. The summed E-state index contributed by atoms with van der Waals surface area (Å²) in [7, 11) is 5.33. The third-order valence-electron chi connectivity index (χ3n) is 3.47. The van der Waals surface area contributed by atoms with E-state index in [1.165, 1.54) is 12.0 Å². The fourth-order valence-corrected chi connectivity index (χ4v) is 2.43. The third-order valence-corrected chi connectivity index (χ3v) is 3.47. The predicted molar refractivity (Wildman–Crippen MR) is 86.3 cm³/mol. The highest BCUT2D eigenvalue weighted by Crippen LogP contribution is 2.24. The largest absolute Gasteiger partial charge is 0.467 e. The van der Waals surface area contributed by atoms with Gasteiger partial charge in [0, 0.05) is 13.0 Å². The molecule has 0 aromatic rings. The van der Waals surface area contributed by atoms with Gasteiger partial charge in [-0.2, -0.15) is 0 Å². The average molecular weight is 330 g/mol. The van der Waals surface area contributed by atoms with Gasteiger partial charge in [-0.25, -0.2) is 9.59 Å². The van der Waals surface area contributed by atoms with E-state index in [-0.39, 0.29) is 6.10 Å². The predicted octanol–water partition coefficient (Wildman–Crippen LogP) is 1.51. The summed E-state index contributed by atoms with van der Waals surface area (Å²) in [6.45, 7) is 7.26. The molecule has 2 atom stereocenters. The topological polar surface area (TPSA) is 68.3 Å². The Morgan fingerprint density at radius 2 is 1.91 bits per heavy atom. The molecule has 1 amide bonds. The van der Waals surface area contributed by atoms with E-state index in [9.17, 15) is 9.59 Å². The number of hydrogen-bond acceptors (Lipinski definition) is 6. The lowest BCUT2D eigenvalue weighted by Gasteiger charge is -2.27. The number of esters is 1. The summed E-state index contributed by atoms with van der Waals surface area (Å²) in [5.74, 6) is -0.435. The summed E-state index contributed by atoms with van der Waals surface area (Å²) in [5.41, 5.74) is -0.609. The molecule has 2 unspecified atom stereocenters. The van der Waals surface area contributed by atoms with Gasteiger partial charge >= 0.3 is 12.1 Å². The minimum atomic E-state index is -0.645. The van der Waals surface area contributed by atoms with Crippen molar-refractivity contribution in [2.24, 2.45) is 0 Å². The third kappa shape index (κ3) is 6.74. The number of rotatable bonds is 6. The van der Waals surface area contributed by atoms with Crippen molar-refractivity contribution in [1.29, 1.82) is 0 Å². The van der Waals surface area contributed by atoms with Crippen molar-refractivity contribution in [1.82, 2.24) is 9.80 Å². The number of likely N-dealkylation sites (tertiary alicyclic amines) is 1.